The number of fused-ring (bicyclic) bond motifs is 1. The molecule has 0 aliphatic carbocycles. The van der Waals surface area contributed by atoms with E-state index in [1.807, 2.05) is 13.8 Å². The predicted octanol–water partition coefficient (Wildman–Crippen LogP) is 2.77. The lowest BCUT2D eigenvalue weighted by atomic mass is 9.89. The van der Waals surface area contributed by atoms with E-state index in [2.05, 4.69) is 25.2 Å². The largest absolute Gasteiger partial charge is 0.325 e. The van der Waals surface area contributed by atoms with Crippen molar-refractivity contribution in [3.8, 4) is 0 Å². The zero-order valence-electron chi connectivity index (χ0n) is 10.9. The molecule has 1 aromatic carbocycles. The predicted molar refractivity (Wildman–Crippen MR) is 70.2 cm³/mol. The van der Waals surface area contributed by atoms with Crippen molar-refractivity contribution in [1.82, 2.24) is 0 Å². The highest BCUT2D eigenvalue weighted by Gasteiger charge is 2.31. The van der Waals surface area contributed by atoms with Crippen LogP contribution in [0.4, 0.5) is 5.69 Å². The van der Waals surface area contributed by atoms with Crippen LogP contribution in [0, 0.1) is 13.8 Å². The molecule has 1 amide bonds. The molecule has 1 aliphatic heterocycles. The molecule has 0 aromatic heterocycles. The summed E-state index contributed by atoms with van der Waals surface area (Å²) in [6.07, 6.45) is 0.833. The van der Waals surface area contributed by atoms with Crippen LogP contribution in [0.25, 0.3) is 0 Å². The van der Waals surface area contributed by atoms with Crippen LogP contribution in [0.1, 0.15) is 54.5 Å². The number of carbonyl (C=O) groups excluding carboxylic acids is 1. The maximum Gasteiger partial charge on any atom is 0.232 e. The molecule has 0 fully saturated rings. The van der Waals surface area contributed by atoms with Crippen molar-refractivity contribution in [1.29, 1.82) is 0 Å². The Morgan fingerprint density at radius 3 is 2.59 bits per heavy atom. The van der Waals surface area contributed by atoms with Crippen molar-refractivity contribution in [2.24, 2.45) is 5.73 Å². The van der Waals surface area contributed by atoms with Crippen LogP contribution in [0.2, 0.25) is 0 Å². The molecule has 0 radical (unpaired) electrons. The number of rotatable bonds is 2. The van der Waals surface area contributed by atoms with Gasteiger partial charge in [-0.3, -0.25) is 4.79 Å². The summed E-state index contributed by atoms with van der Waals surface area (Å²) in [5.41, 5.74) is 11.6. The Labute approximate surface area is 102 Å². The van der Waals surface area contributed by atoms with Crippen molar-refractivity contribution in [3.05, 3.63) is 28.3 Å². The Bertz CT molecular complexity index is 478. The number of anilines is 1. The minimum absolute atomic E-state index is 0.00667. The second kappa shape index (κ2) is 4.15. The molecule has 3 nitrogen and oxygen atoms in total. The van der Waals surface area contributed by atoms with Crippen molar-refractivity contribution < 1.29 is 4.79 Å². The highest BCUT2D eigenvalue weighted by Crippen LogP contribution is 2.40. The number of hydrogen-bond donors (Lipinski definition) is 2. The van der Waals surface area contributed by atoms with Gasteiger partial charge >= 0.3 is 0 Å². The van der Waals surface area contributed by atoms with Gasteiger partial charge in [-0.1, -0.05) is 13.0 Å². The minimum Gasteiger partial charge on any atom is -0.325 e. The normalized spacial score (nSPS) is 20.1. The zero-order chi connectivity index (χ0) is 12.7. The SMILES string of the molecule is CCC1C(=O)Nc2c1cc(C(C)N)c(C)c2C. The topological polar surface area (TPSA) is 55.1 Å². The van der Waals surface area contributed by atoms with Crippen LogP contribution in [-0.2, 0) is 4.79 Å². The fraction of sp³-hybridized carbons (Fsp3) is 0.500. The van der Waals surface area contributed by atoms with E-state index in [1.54, 1.807) is 0 Å². The molecule has 1 aliphatic rings. The summed E-state index contributed by atoms with van der Waals surface area (Å²) in [7, 11) is 0. The van der Waals surface area contributed by atoms with Gasteiger partial charge < -0.3 is 11.1 Å². The molecule has 1 heterocycles. The van der Waals surface area contributed by atoms with Gasteiger partial charge in [0.05, 0.1) is 5.92 Å². The minimum atomic E-state index is -0.0122. The standard InChI is InChI=1S/C14H20N2O/c1-5-10-12-6-11(9(4)15)7(2)8(3)13(12)16-14(10)17/h6,9-10H,5,15H2,1-4H3,(H,16,17). The smallest absolute Gasteiger partial charge is 0.232 e. The quantitative estimate of drug-likeness (QED) is 0.823. The monoisotopic (exact) mass is 232 g/mol. The van der Waals surface area contributed by atoms with Crippen LogP contribution in [0.5, 0.6) is 0 Å². The lowest BCUT2D eigenvalue weighted by Crippen LogP contribution is -2.11. The van der Waals surface area contributed by atoms with Gasteiger partial charge in [-0.2, -0.15) is 0 Å². The number of benzene rings is 1. The van der Waals surface area contributed by atoms with E-state index in [1.165, 1.54) is 5.56 Å². The second-order valence-electron chi connectivity index (χ2n) is 4.92. The molecule has 3 heteroatoms. The van der Waals surface area contributed by atoms with Crippen molar-refractivity contribution in [2.75, 3.05) is 5.32 Å². The van der Waals surface area contributed by atoms with Gasteiger partial charge in [-0.05, 0) is 49.4 Å². The number of nitrogens with two attached hydrogens (primary N) is 1. The summed E-state index contributed by atoms with van der Waals surface area (Å²) in [5, 5.41) is 2.99. The summed E-state index contributed by atoms with van der Waals surface area (Å²) < 4.78 is 0. The first kappa shape index (κ1) is 12.1. The van der Waals surface area contributed by atoms with Gasteiger partial charge in [0.25, 0.3) is 0 Å². The van der Waals surface area contributed by atoms with E-state index in [-0.39, 0.29) is 17.9 Å². The van der Waals surface area contributed by atoms with Crippen LogP contribution < -0.4 is 11.1 Å². The van der Waals surface area contributed by atoms with Crippen molar-refractivity contribution >= 4 is 11.6 Å². The summed E-state index contributed by atoms with van der Waals surface area (Å²) in [6.45, 7) is 8.15. The maximum absolute atomic E-state index is 11.9. The Morgan fingerprint density at radius 2 is 2.06 bits per heavy atom. The third-order valence-electron chi connectivity index (χ3n) is 3.81. The molecule has 0 saturated heterocycles. The Kier molecular flexibility index (Phi) is 2.96. The molecular formula is C14H20N2O. The van der Waals surface area contributed by atoms with Crippen molar-refractivity contribution in [3.63, 3.8) is 0 Å². The maximum atomic E-state index is 11.9. The molecule has 0 saturated carbocycles. The molecule has 2 atom stereocenters. The summed E-state index contributed by atoms with van der Waals surface area (Å²) in [6, 6.07) is 2.11. The van der Waals surface area contributed by atoms with Gasteiger partial charge in [-0.25, -0.2) is 0 Å². The molecule has 2 unspecified atom stereocenters. The molecule has 0 spiro atoms. The first-order valence-corrected chi connectivity index (χ1v) is 6.17. The van der Waals surface area contributed by atoms with E-state index in [0.29, 0.717) is 0 Å². The average Bonchev–Trinajstić information content (AvgIpc) is 2.59. The van der Waals surface area contributed by atoms with E-state index in [4.69, 9.17) is 5.73 Å². The van der Waals surface area contributed by atoms with Gasteiger partial charge in [-0.15, -0.1) is 0 Å². The van der Waals surface area contributed by atoms with Crippen LogP contribution in [0.15, 0.2) is 6.07 Å². The molecule has 2 rings (SSSR count). The molecule has 3 N–H and O–H groups in total. The first-order valence-electron chi connectivity index (χ1n) is 6.17. The molecule has 0 bridgehead atoms. The molecule has 17 heavy (non-hydrogen) atoms. The highest BCUT2D eigenvalue weighted by molar-refractivity contribution is 6.04. The van der Waals surface area contributed by atoms with Crippen LogP contribution in [0.3, 0.4) is 0 Å². The third kappa shape index (κ3) is 1.75. The summed E-state index contributed by atoms with van der Waals surface area (Å²) >= 11 is 0. The third-order valence-corrected chi connectivity index (χ3v) is 3.81. The summed E-state index contributed by atoms with van der Waals surface area (Å²) in [4.78, 5) is 11.9. The van der Waals surface area contributed by atoms with E-state index in [9.17, 15) is 4.79 Å². The lowest BCUT2D eigenvalue weighted by molar-refractivity contribution is -0.117. The van der Waals surface area contributed by atoms with Crippen LogP contribution >= 0.6 is 0 Å². The van der Waals surface area contributed by atoms with Gasteiger partial charge in [0.15, 0.2) is 0 Å². The van der Waals surface area contributed by atoms with E-state index in [0.717, 1.165) is 28.8 Å². The average molecular weight is 232 g/mol. The van der Waals surface area contributed by atoms with Crippen LogP contribution in [-0.4, -0.2) is 5.91 Å². The fourth-order valence-corrected chi connectivity index (χ4v) is 2.64. The zero-order valence-corrected chi connectivity index (χ0v) is 10.9. The van der Waals surface area contributed by atoms with Gasteiger partial charge in [0, 0.05) is 11.7 Å². The number of amides is 1. The van der Waals surface area contributed by atoms with E-state index >= 15 is 0 Å². The lowest BCUT2D eigenvalue weighted by Gasteiger charge is -2.17. The summed E-state index contributed by atoms with van der Waals surface area (Å²) in [5.74, 6) is 0.105. The van der Waals surface area contributed by atoms with Gasteiger partial charge in [0.1, 0.15) is 0 Å². The number of nitrogens with one attached hydrogen (secondary N) is 1. The molecular weight excluding hydrogens is 212 g/mol. The van der Waals surface area contributed by atoms with Gasteiger partial charge in [0.2, 0.25) is 5.91 Å². The van der Waals surface area contributed by atoms with E-state index < -0.39 is 0 Å². The molecule has 92 valence electrons. The Morgan fingerprint density at radius 1 is 1.41 bits per heavy atom. The first-order chi connectivity index (χ1) is 7.97. The highest BCUT2D eigenvalue weighted by atomic mass is 16.2. The Balaban J connectivity index is 2.64. The Hall–Kier alpha value is -1.35. The fourth-order valence-electron chi connectivity index (χ4n) is 2.64. The molecule has 1 aromatic rings. The number of carbonyl (C=O) groups is 1. The second-order valence-corrected chi connectivity index (χ2v) is 4.92. The number of hydrogen-bond acceptors (Lipinski definition) is 2. The van der Waals surface area contributed by atoms with Crippen molar-refractivity contribution in [2.45, 2.75) is 46.1 Å².